The Morgan fingerprint density at radius 2 is 1.69 bits per heavy atom. The van der Waals surface area contributed by atoms with Crippen molar-refractivity contribution in [3.05, 3.63) is 83.7 Å². The van der Waals surface area contributed by atoms with Crippen molar-refractivity contribution in [1.29, 1.82) is 0 Å². The van der Waals surface area contributed by atoms with Gasteiger partial charge in [-0.25, -0.2) is 0 Å². The number of aromatic nitrogens is 2. The molecule has 0 bridgehead atoms. The van der Waals surface area contributed by atoms with Gasteiger partial charge in [0.1, 0.15) is 18.1 Å². The lowest BCUT2D eigenvalue weighted by Crippen LogP contribution is -2.50. The molecule has 1 amide bonds. The first-order chi connectivity index (χ1) is 14.2. The molecule has 1 N–H and O–H groups in total. The molecule has 0 saturated carbocycles. The number of nitrogens with one attached hydrogen (secondary N) is 1. The summed E-state index contributed by atoms with van der Waals surface area (Å²) in [5.74, 6) is 0.863. The van der Waals surface area contributed by atoms with Gasteiger partial charge in [-0.15, -0.1) is 0 Å². The molecule has 29 heavy (non-hydrogen) atoms. The predicted octanol–water partition coefficient (Wildman–Crippen LogP) is 3.30. The summed E-state index contributed by atoms with van der Waals surface area (Å²) in [6.45, 7) is 5.43. The molecule has 1 aliphatic rings. The minimum absolute atomic E-state index is 0.00852. The normalized spacial score (nSPS) is 15.8. The quantitative estimate of drug-likeness (QED) is 0.702. The third-order valence-electron chi connectivity index (χ3n) is 5.30. The van der Waals surface area contributed by atoms with Crippen molar-refractivity contribution in [1.82, 2.24) is 20.0 Å². The highest BCUT2D eigenvalue weighted by molar-refractivity contribution is 5.92. The fourth-order valence-electron chi connectivity index (χ4n) is 3.71. The molecule has 2 heterocycles. The van der Waals surface area contributed by atoms with Gasteiger partial charge in [0.05, 0.1) is 6.04 Å². The topological polar surface area (TPSA) is 61.5 Å². The molecule has 4 rings (SSSR count). The molecular formula is C23H26N4O2. The highest BCUT2D eigenvalue weighted by atomic mass is 16.5. The summed E-state index contributed by atoms with van der Waals surface area (Å²) >= 11 is 0. The molecule has 1 fully saturated rings. The van der Waals surface area contributed by atoms with E-state index in [-0.39, 0.29) is 11.9 Å². The van der Waals surface area contributed by atoms with E-state index in [0.29, 0.717) is 25.4 Å². The lowest BCUT2D eigenvalue weighted by molar-refractivity contribution is 0.0495. The average molecular weight is 390 g/mol. The fraction of sp³-hybridized carbons (Fsp3) is 0.304. The molecule has 0 spiro atoms. The second kappa shape index (κ2) is 8.92. The molecule has 150 valence electrons. The van der Waals surface area contributed by atoms with Crippen LogP contribution in [-0.4, -0.2) is 58.7 Å². The summed E-state index contributed by atoms with van der Waals surface area (Å²) < 4.78 is 6.09. The van der Waals surface area contributed by atoms with Gasteiger partial charge in [-0.3, -0.25) is 14.8 Å². The van der Waals surface area contributed by atoms with E-state index >= 15 is 0 Å². The van der Waals surface area contributed by atoms with Gasteiger partial charge in [0.15, 0.2) is 0 Å². The van der Waals surface area contributed by atoms with Gasteiger partial charge in [0, 0.05) is 31.9 Å². The number of H-pyrrole nitrogens is 1. The lowest BCUT2D eigenvalue weighted by Gasteiger charge is -2.39. The highest BCUT2D eigenvalue weighted by Crippen LogP contribution is 2.24. The van der Waals surface area contributed by atoms with Crippen LogP contribution in [0.25, 0.3) is 0 Å². The maximum absolute atomic E-state index is 12.7. The van der Waals surface area contributed by atoms with Crippen molar-refractivity contribution in [2.75, 3.05) is 32.8 Å². The fourth-order valence-corrected chi connectivity index (χ4v) is 3.71. The van der Waals surface area contributed by atoms with E-state index in [9.17, 15) is 4.79 Å². The summed E-state index contributed by atoms with van der Waals surface area (Å²) in [4.78, 5) is 17.0. The van der Waals surface area contributed by atoms with E-state index in [1.807, 2.05) is 48.2 Å². The molecule has 6 heteroatoms. The second-order valence-electron chi connectivity index (χ2n) is 7.31. The molecule has 1 atom stereocenters. The van der Waals surface area contributed by atoms with Gasteiger partial charge >= 0.3 is 0 Å². The van der Waals surface area contributed by atoms with E-state index in [1.54, 1.807) is 6.07 Å². The molecule has 6 nitrogen and oxygen atoms in total. The first-order valence-corrected chi connectivity index (χ1v) is 9.99. The van der Waals surface area contributed by atoms with Crippen molar-refractivity contribution in [2.45, 2.75) is 13.0 Å². The highest BCUT2D eigenvalue weighted by Gasteiger charge is 2.28. The molecular weight excluding hydrogens is 364 g/mol. The number of ether oxygens (including phenoxy) is 1. The summed E-state index contributed by atoms with van der Waals surface area (Å²) in [7, 11) is 0. The zero-order chi connectivity index (χ0) is 20.1. The Bertz CT molecular complexity index is 918. The van der Waals surface area contributed by atoms with Gasteiger partial charge < -0.3 is 9.64 Å². The van der Waals surface area contributed by atoms with Gasteiger partial charge in [-0.2, -0.15) is 5.10 Å². The number of hydrogen-bond acceptors (Lipinski definition) is 4. The Morgan fingerprint density at radius 1 is 1.03 bits per heavy atom. The Hall–Kier alpha value is -3.12. The Kier molecular flexibility index (Phi) is 5.91. The molecule has 2 aromatic carbocycles. The summed E-state index contributed by atoms with van der Waals surface area (Å²) in [6, 6.07) is 22.3. The van der Waals surface area contributed by atoms with Crippen molar-refractivity contribution >= 4 is 5.91 Å². The monoisotopic (exact) mass is 390 g/mol. The largest absolute Gasteiger partial charge is 0.492 e. The van der Waals surface area contributed by atoms with E-state index < -0.39 is 0 Å². The number of carbonyl (C=O) groups is 1. The zero-order valence-corrected chi connectivity index (χ0v) is 16.6. The van der Waals surface area contributed by atoms with Gasteiger partial charge in [-0.05, 0) is 30.7 Å². The van der Waals surface area contributed by atoms with Crippen molar-refractivity contribution in [2.24, 2.45) is 0 Å². The number of para-hydroxylation sites is 1. The SMILES string of the molecule is Cc1cc(C(=O)N2CCN(C(COc3ccccc3)c3ccccc3)CC2)n[nH]1. The van der Waals surface area contributed by atoms with Crippen LogP contribution in [0.15, 0.2) is 66.7 Å². The van der Waals surface area contributed by atoms with Crippen molar-refractivity contribution in [3.63, 3.8) is 0 Å². The summed E-state index contributed by atoms with van der Waals surface area (Å²) in [5, 5.41) is 6.95. The first kappa shape index (κ1) is 19.2. The van der Waals surface area contributed by atoms with Gasteiger partial charge in [-0.1, -0.05) is 48.5 Å². The van der Waals surface area contributed by atoms with Crippen LogP contribution in [0.3, 0.4) is 0 Å². The first-order valence-electron chi connectivity index (χ1n) is 9.99. The van der Waals surface area contributed by atoms with Crippen LogP contribution in [0, 0.1) is 6.92 Å². The summed E-state index contributed by atoms with van der Waals surface area (Å²) in [6.07, 6.45) is 0. The van der Waals surface area contributed by atoms with Crippen LogP contribution in [0.1, 0.15) is 27.8 Å². The molecule has 0 radical (unpaired) electrons. The Morgan fingerprint density at radius 3 is 2.31 bits per heavy atom. The van der Waals surface area contributed by atoms with Crippen molar-refractivity contribution < 1.29 is 9.53 Å². The molecule has 1 aliphatic heterocycles. The predicted molar refractivity (Wildman–Crippen MR) is 112 cm³/mol. The van der Waals surface area contributed by atoms with Gasteiger partial charge in [0.2, 0.25) is 0 Å². The van der Waals surface area contributed by atoms with E-state index in [1.165, 1.54) is 5.56 Å². The lowest BCUT2D eigenvalue weighted by atomic mass is 10.0. The van der Waals surface area contributed by atoms with E-state index in [0.717, 1.165) is 24.5 Å². The van der Waals surface area contributed by atoms with E-state index in [4.69, 9.17) is 4.74 Å². The van der Waals surface area contributed by atoms with Crippen LogP contribution in [0.5, 0.6) is 5.75 Å². The number of hydrogen-bond donors (Lipinski definition) is 1. The second-order valence-corrected chi connectivity index (χ2v) is 7.31. The Balaban J connectivity index is 1.42. The minimum atomic E-state index is -0.00852. The molecule has 1 aromatic heterocycles. The molecule has 1 saturated heterocycles. The van der Waals surface area contributed by atoms with Gasteiger partial charge in [0.25, 0.3) is 5.91 Å². The third kappa shape index (κ3) is 4.66. The number of benzene rings is 2. The van der Waals surface area contributed by atoms with Crippen LogP contribution in [-0.2, 0) is 0 Å². The molecule has 3 aromatic rings. The van der Waals surface area contributed by atoms with Crippen LogP contribution in [0.2, 0.25) is 0 Å². The summed E-state index contributed by atoms with van der Waals surface area (Å²) in [5.41, 5.74) is 2.61. The number of aromatic amines is 1. The van der Waals surface area contributed by atoms with Crippen LogP contribution >= 0.6 is 0 Å². The standard InChI is InChI=1S/C23H26N4O2/c1-18-16-21(25-24-18)23(28)27-14-12-26(13-15-27)22(19-8-4-2-5-9-19)17-29-20-10-6-3-7-11-20/h2-11,16,22H,12-15,17H2,1H3,(H,24,25). The van der Waals surface area contributed by atoms with Crippen molar-refractivity contribution in [3.8, 4) is 5.75 Å². The third-order valence-corrected chi connectivity index (χ3v) is 5.30. The number of aryl methyl sites for hydroxylation is 1. The number of carbonyl (C=O) groups excluding carboxylic acids is 1. The maximum Gasteiger partial charge on any atom is 0.274 e. The molecule has 1 unspecified atom stereocenters. The number of amides is 1. The average Bonchev–Trinajstić information content (AvgIpc) is 3.22. The van der Waals surface area contributed by atoms with Crippen LogP contribution < -0.4 is 4.74 Å². The molecule has 0 aliphatic carbocycles. The number of piperazine rings is 1. The maximum atomic E-state index is 12.7. The number of rotatable bonds is 6. The minimum Gasteiger partial charge on any atom is -0.492 e. The Labute approximate surface area is 171 Å². The van der Waals surface area contributed by atoms with Crippen LogP contribution in [0.4, 0.5) is 0 Å². The van der Waals surface area contributed by atoms with E-state index in [2.05, 4.69) is 39.4 Å². The smallest absolute Gasteiger partial charge is 0.274 e. The zero-order valence-electron chi connectivity index (χ0n) is 16.6. The number of nitrogens with zero attached hydrogens (tertiary/aromatic N) is 3.